The zero-order valence-electron chi connectivity index (χ0n) is 17.5. The number of esters is 1. The summed E-state index contributed by atoms with van der Waals surface area (Å²) < 4.78 is 35.4. The summed E-state index contributed by atoms with van der Waals surface area (Å²) in [5.41, 5.74) is 1.47. The van der Waals surface area contributed by atoms with Gasteiger partial charge in [0, 0.05) is 6.42 Å². The van der Waals surface area contributed by atoms with Crippen LogP contribution in [0.2, 0.25) is 0 Å². The van der Waals surface area contributed by atoms with Crippen LogP contribution in [0.4, 0.5) is 4.79 Å². The molecule has 2 aromatic carbocycles. The van der Waals surface area contributed by atoms with Crippen molar-refractivity contribution in [3.05, 3.63) is 71.8 Å². The zero-order valence-corrected chi connectivity index (χ0v) is 18.3. The van der Waals surface area contributed by atoms with Crippen LogP contribution in [0, 0.1) is 0 Å². The van der Waals surface area contributed by atoms with Gasteiger partial charge < -0.3 is 19.7 Å². The number of nitrogens with zero attached hydrogens (tertiary/aromatic N) is 1. The van der Waals surface area contributed by atoms with Crippen LogP contribution in [-0.4, -0.2) is 62.1 Å². The number of hydrogen-bond acceptors (Lipinski definition) is 7. The molecule has 0 spiro atoms. The van der Waals surface area contributed by atoms with Gasteiger partial charge in [-0.2, -0.15) is 0 Å². The van der Waals surface area contributed by atoms with Gasteiger partial charge in [0.25, 0.3) is 0 Å². The third kappa shape index (κ3) is 5.64. The first-order valence-electron chi connectivity index (χ1n) is 9.91. The molecule has 1 fully saturated rings. The number of sulfone groups is 1. The fraction of sp³-hybridized carbons (Fsp3) is 0.318. The third-order valence-electron chi connectivity index (χ3n) is 5.06. The van der Waals surface area contributed by atoms with Gasteiger partial charge in [0.2, 0.25) is 5.91 Å². The number of benzene rings is 2. The summed E-state index contributed by atoms with van der Waals surface area (Å²) in [5, 5.41) is 1.07. The molecule has 0 aromatic heterocycles. The third-order valence-corrected chi connectivity index (χ3v) is 7.07. The molecule has 3 rings (SSSR count). The number of alkyl carbamates (subject to hydrolysis) is 1. The van der Waals surface area contributed by atoms with E-state index in [4.69, 9.17) is 9.47 Å². The standard InChI is InChI=1S/C22H24N2O7S/c1-30-21(26)18-15-32(28,29)20(12-16-8-4-2-5-9-16)24(18)19(25)13-23-22(27)31-14-17-10-6-3-7-11-17/h2-11,18,20H,12-15H2,1H3,(H,23,27)/t18-,20+/m1/s1. The van der Waals surface area contributed by atoms with E-state index in [1.54, 1.807) is 54.6 Å². The minimum Gasteiger partial charge on any atom is -0.467 e. The van der Waals surface area contributed by atoms with Gasteiger partial charge in [0.15, 0.2) is 9.84 Å². The van der Waals surface area contributed by atoms with Gasteiger partial charge in [-0.25, -0.2) is 18.0 Å². The lowest BCUT2D eigenvalue weighted by Crippen LogP contribution is -2.51. The van der Waals surface area contributed by atoms with Crippen molar-refractivity contribution in [2.24, 2.45) is 0 Å². The Morgan fingerprint density at radius 1 is 1.00 bits per heavy atom. The molecule has 1 N–H and O–H groups in total. The normalized spacial score (nSPS) is 19.2. The maximum Gasteiger partial charge on any atom is 0.407 e. The molecule has 0 unspecified atom stereocenters. The monoisotopic (exact) mass is 460 g/mol. The predicted molar refractivity (Wildman–Crippen MR) is 115 cm³/mol. The smallest absolute Gasteiger partial charge is 0.407 e. The van der Waals surface area contributed by atoms with Crippen LogP contribution < -0.4 is 5.32 Å². The molecule has 1 heterocycles. The molecule has 0 radical (unpaired) electrons. The van der Waals surface area contributed by atoms with E-state index in [2.05, 4.69) is 5.32 Å². The molecular formula is C22H24N2O7S. The van der Waals surface area contributed by atoms with Gasteiger partial charge >= 0.3 is 12.1 Å². The average Bonchev–Trinajstić information content (AvgIpc) is 3.07. The fourth-order valence-electron chi connectivity index (χ4n) is 3.49. The second-order valence-electron chi connectivity index (χ2n) is 7.23. The average molecular weight is 461 g/mol. The van der Waals surface area contributed by atoms with E-state index in [9.17, 15) is 22.8 Å². The SMILES string of the molecule is COC(=O)[C@H]1CS(=O)(=O)[C@@H](Cc2ccccc2)N1C(=O)CNC(=O)OCc1ccccc1. The molecule has 32 heavy (non-hydrogen) atoms. The van der Waals surface area contributed by atoms with Crippen LogP contribution in [0.5, 0.6) is 0 Å². The van der Waals surface area contributed by atoms with Crippen LogP contribution in [0.1, 0.15) is 11.1 Å². The van der Waals surface area contributed by atoms with E-state index < -0.39 is 51.5 Å². The summed E-state index contributed by atoms with van der Waals surface area (Å²) in [5.74, 6) is -2.09. The van der Waals surface area contributed by atoms with Crippen molar-refractivity contribution in [2.75, 3.05) is 19.4 Å². The number of hydrogen-bond donors (Lipinski definition) is 1. The first-order chi connectivity index (χ1) is 15.3. The molecular weight excluding hydrogens is 436 g/mol. The Kier molecular flexibility index (Phi) is 7.47. The van der Waals surface area contributed by atoms with Crippen LogP contribution in [-0.2, 0) is 41.9 Å². The number of methoxy groups -OCH3 is 1. The summed E-state index contributed by atoms with van der Waals surface area (Å²) >= 11 is 0. The molecule has 2 amide bonds. The van der Waals surface area contributed by atoms with Crippen molar-refractivity contribution in [3.8, 4) is 0 Å². The molecule has 1 aliphatic heterocycles. The van der Waals surface area contributed by atoms with Gasteiger partial charge in [0.05, 0.1) is 12.9 Å². The predicted octanol–water partition coefficient (Wildman–Crippen LogP) is 1.28. The lowest BCUT2D eigenvalue weighted by molar-refractivity contribution is -0.151. The number of nitrogens with one attached hydrogen (secondary N) is 1. The molecule has 2 aromatic rings. The summed E-state index contributed by atoms with van der Waals surface area (Å²) in [6.07, 6.45) is -0.820. The van der Waals surface area contributed by atoms with Gasteiger partial charge in [-0.15, -0.1) is 0 Å². The number of amides is 2. The van der Waals surface area contributed by atoms with Gasteiger partial charge in [-0.3, -0.25) is 4.79 Å². The van der Waals surface area contributed by atoms with Crippen molar-refractivity contribution in [3.63, 3.8) is 0 Å². The van der Waals surface area contributed by atoms with Crippen molar-refractivity contribution in [2.45, 2.75) is 24.4 Å². The number of ether oxygens (including phenoxy) is 2. The summed E-state index contributed by atoms with van der Waals surface area (Å²) in [4.78, 5) is 38.1. The van der Waals surface area contributed by atoms with Gasteiger partial charge in [0.1, 0.15) is 24.6 Å². The molecule has 0 aliphatic carbocycles. The van der Waals surface area contributed by atoms with E-state index in [0.717, 1.165) is 17.6 Å². The highest BCUT2D eigenvalue weighted by Gasteiger charge is 2.50. The summed E-state index contributed by atoms with van der Waals surface area (Å²) in [7, 11) is -2.68. The Morgan fingerprint density at radius 3 is 2.19 bits per heavy atom. The Bertz CT molecular complexity index is 1060. The number of carbonyl (C=O) groups is 3. The highest BCUT2D eigenvalue weighted by atomic mass is 32.2. The van der Waals surface area contributed by atoms with E-state index >= 15 is 0 Å². The molecule has 0 saturated carbocycles. The molecule has 1 aliphatic rings. The van der Waals surface area contributed by atoms with Crippen LogP contribution >= 0.6 is 0 Å². The Hall–Kier alpha value is -3.40. The van der Waals surface area contributed by atoms with Crippen LogP contribution in [0.15, 0.2) is 60.7 Å². The summed E-state index contributed by atoms with van der Waals surface area (Å²) in [6, 6.07) is 16.5. The van der Waals surface area contributed by atoms with Gasteiger partial charge in [-0.1, -0.05) is 60.7 Å². The molecule has 9 nitrogen and oxygen atoms in total. The highest BCUT2D eigenvalue weighted by molar-refractivity contribution is 7.92. The van der Waals surface area contributed by atoms with Crippen LogP contribution in [0.25, 0.3) is 0 Å². The fourth-order valence-corrected chi connectivity index (χ4v) is 5.51. The van der Waals surface area contributed by atoms with E-state index in [-0.39, 0.29) is 13.0 Å². The molecule has 1 saturated heterocycles. The molecule has 2 atom stereocenters. The Labute approximate surface area is 186 Å². The molecule has 10 heteroatoms. The quantitative estimate of drug-likeness (QED) is 0.618. The van der Waals surface area contributed by atoms with Crippen LogP contribution in [0.3, 0.4) is 0 Å². The molecule has 170 valence electrons. The van der Waals surface area contributed by atoms with Crippen molar-refractivity contribution < 1.29 is 32.3 Å². The van der Waals surface area contributed by atoms with E-state index in [1.807, 2.05) is 6.07 Å². The lowest BCUT2D eigenvalue weighted by atomic mass is 10.1. The first kappa shape index (κ1) is 23.3. The number of carbonyl (C=O) groups excluding carboxylic acids is 3. The first-order valence-corrected chi connectivity index (χ1v) is 11.6. The van der Waals surface area contributed by atoms with E-state index in [0.29, 0.717) is 5.56 Å². The Balaban J connectivity index is 1.70. The van der Waals surface area contributed by atoms with Gasteiger partial charge in [-0.05, 0) is 11.1 Å². The molecule has 0 bridgehead atoms. The topological polar surface area (TPSA) is 119 Å². The van der Waals surface area contributed by atoms with Crippen molar-refractivity contribution in [1.82, 2.24) is 10.2 Å². The second-order valence-corrected chi connectivity index (χ2v) is 9.43. The summed E-state index contributed by atoms with van der Waals surface area (Å²) in [6.45, 7) is -0.512. The minimum absolute atomic E-state index is 0.0143. The van der Waals surface area contributed by atoms with E-state index in [1.165, 1.54) is 0 Å². The second kappa shape index (κ2) is 10.3. The minimum atomic E-state index is -3.81. The maximum atomic E-state index is 12.9. The number of rotatable bonds is 7. The lowest BCUT2D eigenvalue weighted by Gasteiger charge is -2.27. The van der Waals surface area contributed by atoms with Crippen molar-refractivity contribution >= 4 is 27.8 Å². The largest absolute Gasteiger partial charge is 0.467 e. The zero-order chi connectivity index (χ0) is 23.1. The maximum absolute atomic E-state index is 12.9. The van der Waals surface area contributed by atoms with Crippen molar-refractivity contribution in [1.29, 1.82) is 0 Å². The Morgan fingerprint density at radius 2 is 1.59 bits per heavy atom. The highest BCUT2D eigenvalue weighted by Crippen LogP contribution is 2.27.